The van der Waals surface area contributed by atoms with E-state index in [4.69, 9.17) is 9.84 Å². The van der Waals surface area contributed by atoms with E-state index in [1.165, 1.54) is 11.3 Å². The first kappa shape index (κ1) is 11.8. The molecule has 0 saturated heterocycles. The minimum absolute atomic E-state index is 0.306. The topological polar surface area (TPSA) is 59.4 Å². The van der Waals surface area contributed by atoms with Gasteiger partial charge in [-0.15, -0.1) is 11.3 Å². The summed E-state index contributed by atoms with van der Waals surface area (Å²) >= 11 is 1.21. The second-order valence-electron chi connectivity index (χ2n) is 3.43. The number of thiophene rings is 1. The predicted octanol–water partition coefficient (Wildman–Crippen LogP) is 2.56. The third-order valence-electron chi connectivity index (χ3n) is 2.19. The maximum Gasteiger partial charge on any atom is 0.346 e. The number of rotatable bonds is 5. The summed E-state index contributed by atoms with van der Waals surface area (Å²) in [7, 11) is 0. The van der Waals surface area contributed by atoms with Gasteiger partial charge in [-0.3, -0.25) is 4.98 Å². The lowest BCUT2D eigenvalue weighted by molar-refractivity contribution is 0.0690. The van der Waals surface area contributed by atoms with Crippen molar-refractivity contribution >= 4 is 17.3 Å². The fourth-order valence-electron chi connectivity index (χ4n) is 1.40. The fraction of sp³-hybridized carbons (Fsp3) is 0.167. The summed E-state index contributed by atoms with van der Waals surface area (Å²) in [5.41, 5.74) is 1.69. The van der Waals surface area contributed by atoms with E-state index in [-0.39, 0.29) is 0 Å². The van der Waals surface area contributed by atoms with Crippen LogP contribution in [0.1, 0.15) is 20.8 Å². The maximum atomic E-state index is 10.9. The molecule has 2 aromatic heterocycles. The van der Waals surface area contributed by atoms with E-state index in [9.17, 15) is 4.79 Å². The highest BCUT2D eigenvalue weighted by Gasteiger charge is 2.11. The minimum atomic E-state index is -0.903. The van der Waals surface area contributed by atoms with Crippen molar-refractivity contribution in [3.05, 3.63) is 52.0 Å². The van der Waals surface area contributed by atoms with E-state index < -0.39 is 5.97 Å². The molecule has 0 saturated carbocycles. The van der Waals surface area contributed by atoms with E-state index >= 15 is 0 Å². The van der Waals surface area contributed by atoms with Crippen LogP contribution in [0.4, 0.5) is 0 Å². The molecule has 0 spiro atoms. The number of pyridine rings is 1. The third-order valence-corrected chi connectivity index (χ3v) is 3.13. The molecule has 0 unspecified atom stereocenters. The van der Waals surface area contributed by atoms with Crippen molar-refractivity contribution in [1.82, 2.24) is 4.98 Å². The second kappa shape index (κ2) is 5.56. The Hall–Kier alpha value is -1.72. The number of aromatic carboxylic acids is 1. The van der Waals surface area contributed by atoms with Gasteiger partial charge in [-0.25, -0.2) is 4.79 Å². The van der Waals surface area contributed by atoms with Crippen LogP contribution in [-0.4, -0.2) is 16.1 Å². The summed E-state index contributed by atoms with van der Waals surface area (Å²) in [4.78, 5) is 15.2. The van der Waals surface area contributed by atoms with Crippen molar-refractivity contribution < 1.29 is 14.6 Å². The Morgan fingerprint density at radius 1 is 1.41 bits per heavy atom. The Morgan fingerprint density at radius 2 is 2.29 bits per heavy atom. The SMILES string of the molecule is O=C(O)c1sccc1COCc1cccnc1. The zero-order chi connectivity index (χ0) is 12.1. The van der Waals surface area contributed by atoms with E-state index in [1.807, 2.05) is 12.1 Å². The second-order valence-corrected chi connectivity index (χ2v) is 4.35. The smallest absolute Gasteiger partial charge is 0.346 e. The van der Waals surface area contributed by atoms with Gasteiger partial charge in [0.25, 0.3) is 0 Å². The molecule has 0 fully saturated rings. The van der Waals surface area contributed by atoms with Gasteiger partial charge in [0.2, 0.25) is 0 Å². The van der Waals surface area contributed by atoms with Gasteiger partial charge in [0, 0.05) is 18.0 Å². The largest absolute Gasteiger partial charge is 0.477 e. The van der Waals surface area contributed by atoms with E-state index in [1.54, 1.807) is 23.8 Å². The van der Waals surface area contributed by atoms with Crippen LogP contribution in [0, 0.1) is 0 Å². The Balaban J connectivity index is 1.90. The van der Waals surface area contributed by atoms with Crippen LogP contribution in [0.25, 0.3) is 0 Å². The molecule has 0 aromatic carbocycles. The molecule has 2 aromatic rings. The summed E-state index contributed by atoms with van der Waals surface area (Å²) < 4.78 is 5.46. The molecule has 0 aliphatic carbocycles. The van der Waals surface area contributed by atoms with E-state index in [2.05, 4.69) is 4.98 Å². The highest BCUT2D eigenvalue weighted by molar-refractivity contribution is 7.12. The Kier molecular flexibility index (Phi) is 3.85. The van der Waals surface area contributed by atoms with Crippen molar-refractivity contribution in [2.45, 2.75) is 13.2 Å². The number of carboxylic acids is 1. The average Bonchev–Trinajstić information content (AvgIpc) is 2.79. The molecular weight excluding hydrogens is 238 g/mol. The lowest BCUT2D eigenvalue weighted by Gasteiger charge is -2.03. The van der Waals surface area contributed by atoms with Gasteiger partial charge in [-0.05, 0) is 23.1 Å². The molecule has 1 N–H and O–H groups in total. The molecule has 0 aliphatic rings. The average molecular weight is 249 g/mol. The molecule has 2 rings (SSSR count). The fourth-order valence-corrected chi connectivity index (χ4v) is 2.15. The highest BCUT2D eigenvalue weighted by atomic mass is 32.1. The molecule has 0 amide bonds. The number of aromatic nitrogens is 1. The maximum absolute atomic E-state index is 10.9. The molecular formula is C12H11NO3S. The minimum Gasteiger partial charge on any atom is -0.477 e. The first-order chi connectivity index (χ1) is 8.27. The van der Waals surface area contributed by atoms with Crippen LogP contribution in [0.5, 0.6) is 0 Å². The van der Waals surface area contributed by atoms with Gasteiger partial charge < -0.3 is 9.84 Å². The molecule has 88 valence electrons. The summed E-state index contributed by atoms with van der Waals surface area (Å²) in [6.07, 6.45) is 3.43. The quantitative estimate of drug-likeness (QED) is 0.884. The van der Waals surface area contributed by atoms with Crippen LogP contribution < -0.4 is 0 Å². The van der Waals surface area contributed by atoms with Crippen molar-refractivity contribution in [1.29, 1.82) is 0 Å². The van der Waals surface area contributed by atoms with Crippen molar-refractivity contribution in [2.75, 3.05) is 0 Å². The Labute approximate surface area is 103 Å². The van der Waals surface area contributed by atoms with Gasteiger partial charge in [-0.1, -0.05) is 6.07 Å². The standard InChI is InChI=1S/C12H11NO3S/c14-12(15)11-10(3-5-17-11)8-16-7-9-2-1-4-13-6-9/h1-6H,7-8H2,(H,14,15). The first-order valence-corrected chi connectivity index (χ1v) is 5.91. The van der Waals surface area contributed by atoms with Gasteiger partial charge in [0.15, 0.2) is 0 Å². The Bertz CT molecular complexity index is 495. The van der Waals surface area contributed by atoms with Crippen molar-refractivity contribution in [3.8, 4) is 0 Å². The van der Waals surface area contributed by atoms with Crippen LogP contribution in [0.3, 0.4) is 0 Å². The molecule has 5 heteroatoms. The summed E-state index contributed by atoms with van der Waals surface area (Å²) in [5, 5.41) is 10.7. The van der Waals surface area contributed by atoms with Gasteiger partial charge in [0.05, 0.1) is 13.2 Å². The van der Waals surface area contributed by atoms with Gasteiger partial charge in [-0.2, -0.15) is 0 Å². The molecule has 0 aliphatic heterocycles. The highest BCUT2D eigenvalue weighted by Crippen LogP contribution is 2.18. The van der Waals surface area contributed by atoms with Crippen LogP contribution in [0.2, 0.25) is 0 Å². The monoisotopic (exact) mass is 249 g/mol. The van der Waals surface area contributed by atoms with Crippen molar-refractivity contribution in [2.24, 2.45) is 0 Å². The van der Waals surface area contributed by atoms with Gasteiger partial charge in [0.1, 0.15) is 4.88 Å². The number of carbonyl (C=O) groups is 1. The third kappa shape index (κ3) is 3.12. The zero-order valence-corrected chi connectivity index (χ0v) is 9.81. The van der Waals surface area contributed by atoms with Gasteiger partial charge >= 0.3 is 5.97 Å². The lowest BCUT2D eigenvalue weighted by Crippen LogP contribution is -2.00. The number of hydrogen-bond acceptors (Lipinski definition) is 4. The van der Waals surface area contributed by atoms with E-state index in [0.29, 0.717) is 23.7 Å². The molecule has 0 radical (unpaired) electrons. The van der Waals surface area contributed by atoms with Crippen LogP contribution in [0.15, 0.2) is 36.0 Å². The van der Waals surface area contributed by atoms with E-state index in [0.717, 1.165) is 5.56 Å². The van der Waals surface area contributed by atoms with Crippen LogP contribution >= 0.6 is 11.3 Å². The molecule has 17 heavy (non-hydrogen) atoms. The Morgan fingerprint density at radius 3 is 3.00 bits per heavy atom. The number of hydrogen-bond donors (Lipinski definition) is 1. The molecule has 2 heterocycles. The number of nitrogens with zero attached hydrogens (tertiary/aromatic N) is 1. The summed E-state index contributed by atoms with van der Waals surface area (Å²) in [6.45, 7) is 0.739. The number of carboxylic acid groups (broad SMARTS) is 1. The lowest BCUT2D eigenvalue weighted by atomic mass is 10.2. The summed E-state index contributed by atoms with van der Waals surface area (Å²) in [5.74, 6) is -0.903. The molecule has 4 nitrogen and oxygen atoms in total. The molecule has 0 bridgehead atoms. The first-order valence-electron chi connectivity index (χ1n) is 5.03. The van der Waals surface area contributed by atoms with Crippen molar-refractivity contribution in [3.63, 3.8) is 0 Å². The molecule has 0 atom stereocenters. The summed E-state index contributed by atoms with van der Waals surface area (Å²) in [6, 6.07) is 5.53. The van der Waals surface area contributed by atoms with Crippen LogP contribution in [-0.2, 0) is 18.0 Å². The zero-order valence-electron chi connectivity index (χ0n) is 9.00. The number of ether oxygens (including phenoxy) is 1. The predicted molar refractivity (Wildman–Crippen MR) is 64.0 cm³/mol. The normalized spacial score (nSPS) is 10.4.